The topological polar surface area (TPSA) is 84.9 Å². The molecule has 0 fully saturated rings. The Morgan fingerprint density at radius 2 is 1.79 bits per heavy atom. The van der Waals surface area contributed by atoms with Gasteiger partial charge in [0.05, 0.1) is 17.0 Å². The van der Waals surface area contributed by atoms with Crippen molar-refractivity contribution >= 4 is 21.6 Å². The largest absolute Gasteiger partial charge is 0.486 e. The molecule has 0 saturated carbocycles. The molecule has 0 unspecified atom stereocenters. The molecule has 0 aromatic heterocycles. The Balaban J connectivity index is 1.70. The fraction of sp³-hybridized carbons (Fsp3) is 0.278. The van der Waals surface area contributed by atoms with E-state index in [2.05, 4.69) is 5.32 Å². The molecule has 3 rings (SSSR count). The maximum absolute atomic E-state index is 12.8. The van der Waals surface area contributed by atoms with Gasteiger partial charge in [-0.2, -0.15) is 17.5 Å². The molecule has 1 heterocycles. The molecule has 0 aliphatic carbocycles. The first-order chi connectivity index (χ1) is 13.6. The standard InChI is InChI=1S/C18H17F3N2O5S/c1-23(11-17(24)22-13-4-2-3-12(9-13)18(19,20)21)29(25,26)14-5-6-15-16(10-14)28-8-7-27-15/h2-6,9-10H,7-8,11H2,1H3,(H,22,24). The number of amides is 1. The zero-order valence-electron chi connectivity index (χ0n) is 15.2. The first kappa shape index (κ1) is 20.9. The average Bonchev–Trinajstić information content (AvgIpc) is 2.67. The molecular formula is C18H17F3N2O5S. The molecule has 1 N–H and O–H groups in total. The molecule has 1 aliphatic heterocycles. The summed E-state index contributed by atoms with van der Waals surface area (Å²) in [4.78, 5) is 12.1. The number of fused-ring (bicyclic) bond motifs is 1. The molecule has 0 spiro atoms. The number of anilines is 1. The number of carbonyl (C=O) groups excluding carboxylic acids is 1. The van der Waals surface area contributed by atoms with Crippen molar-refractivity contribution in [1.82, 2.24) is 4.31 Å². The lowest BCUT2D eigenvalue weighted by Crippen LogP contribution is -2.35. The van der Waals surface area contributed by atoms with Crippen LogP contribution in [-0.4, -0.2) is 45.4 Å². The van der Waals surface area contributed by atoms with Gasteiger partial charge in [0.15, 0.2) is 11.5 Å². The second-order valence-corrected chi connectivity index (χ2v) is 8.24. The number of likely N-dealkylation sites (N-methyl/N-ethyl adjacent to an activating group) is 1. The minimum Gasteiger partial charge on any atom is -0.486 e. The number of sulfonamides is 1. The van der Waals surface area contributed by atoms with Crippen molar-refractivity contribution in [1.29, 1.82) is 0 Å². The Kier molecular flexibility index (Phi) is 5.71. The van der Waals surface area contributed by atoms with Crippen molar-refractivity contribution in [3.63, 3.8) is 0 Å². The molecule has 2 aromatic carbocycles. The van der Waals surface area contributed by atoms with Crippen molar-refractivity contribution in [2.24, 2.45) is 0 Å². The first-order valence-corrected chi connectivity index (χ1v) is 9.84. The van der Waals surface area contributed by atoms with Gasteiger partial charge < -0.3 is 14.8 Å². The summed E-state index contributed by atoms with van der Waals surface area (Å²) in [5, 5.41) is 2.27. The van der Waals surface area contributed by atoms with Gasteiger partial charge in [-0.05, 0) is 30.3 Å². The summed E-state index contributed by atoms with van der Waals surface area (Å²) < 4.78 is 75.2. The van der Waals surface area contributed by atoms with Crippen LogP contribution >= 0.6 is 0 Å². The Hall–Kier alpha value is -2.79. The summed E-state index contributed by atoms with van der Waals surface area (Å²) >= 11 is 0. The summed E-state index contributed by atoms with van der Waals surface area (Å²) in [7, 11) is -2.84. The van der Waals surface area contributed by atoms with Crippen LogP contribution < -0.4 is 14.8 Å². The van der Waals surface area contributed by atoms with Crippen molar-refractivity contribution in [2.45, 2.75) is 11.1 Å². The zero-order chi connectivity index (χ0) is 21.2. The predicted octanol–water partition coefficient (Wildman–Crippen LogP) is 2.74. The maximum Gasteiger partial charge on any atom is 0.416 e. The fourth-order valence-corrected chi connectivity index (χ4v) is 3.77. The van der Waals surface area contributed by atoms with Crippen LogP contribution in [0.5, 0.6) is 11.5 Å². The van der Waals surface area contributed by atoms with Gasteiger partial charge in [-0.3, -0.25) is 4.79 Å². The molecule has 7 nitrogen and oxygen atoms in total. The molecule has 11 heteroatoms. The monoisotopic (exact) mass is 430 g/mol. The quantitative estimate of drug-likeness (QED) is 0.789. The fourth-order valence-electron chi connectivity index (χ4n) is 2.63. The van der Waals surface area contributed by atoms with Gasteiger partial charge in [0.2, 0.25) is 15.9 Å². The van der Waals surface area contributed by atoms with E-state index in [-0.39, 0.29) is 22.9 Å². The number of rotatable bonds is 5. The van der Waals surface area contributed by atoms with Crippen LogP contribution in [0.2, 0.25) is 0 Å². The third kappa shape index (κ3) is 4.80. The lowest BCUT2D eigenvalue weighted by atomic mass is 10.2. The number of nitrogens with one attached hydrogen (secondary N) is 1. The smallest absolute Gasteiger partial charge is 0.416 e. The van der Waals surface area contributed by atoms with E-state index in [1.54, 1.807) is 0 Å². The average molecular weight is 430 g/mol. The molecule has 29 heavy (non-hydrogen) atoms. The van der Waals surface area contributed by atoms with E-state index in [4.69, 9.17) is 9.47 Å². The van der Waals surface area contributed by atoms with Crippen LogP contribution in [0.1, 0.15) is 5.56 Å². The third-order valence-electron chi connectivity index (χ3n) is 4.06. The van der Waals surface area contributed by atoms with Gasteiger partial charge in [0, 0.05) is 18.8 Å². The van der Waals surface area contributed by atoms with Gasteiger partial charge in [0.1, 0.15) is 13.2 Å². The molecule has 0 atom stereocenters. The summed E-state index contributed by atoms with van der Waals surface area (Å²) in [6.45, 7) is 0.0491. The van der Waals surface area contributed by atoms with Crippen molar-refractivity contribution in [3.8, 4) is 11.5 Å². The normalized spacial score (nSPS) is 14.0. The van der Waals surface area contributed by atoms with Gasteiger partial charge >= 0.3 is 6.18 Å². The third-order valence-corrected chi connectivity index (χ3v) is 5.86. The number of benzene rings is 2. The highest BCUT2D eigenvalue weighted by Gasteiger charge is 2.31. The molecule has 0 bridgehead atoms. The van der Waals surface area contributed by atoms with Crippen LogP contribution in [0.3, 0.4) is 0 Å². The number of hydrogen-bond acceptors (Lipinski definition) is 5. The number of nitrogens with zero attached hydrogens (tertiary/aromatic N) is 1. The minimum atomic E-state index is -4.56. The van der Waals surface area contributed by atoms with E-state index >= 15 is 0 Å². The summed E-state index contributed by atoms with van der Waals surface area (Å²) in [6, 6.07) is 8.14. The van der Waals surface area contributed by atoms with E-state index in [9.17, 15) is 26.4 Å². The summed E-state index contributed by atoms with van der Waals surface area (Å²) in [6.07, 6.45) is -4.56. The second kappa shape index (κ2) is 7.91. The summed E-state index contributed by atoms with van der Waals surface area (Å²) in [5.74, 6) is -0.0905. The zero-order valence-corrected chi connectivity index (χ0v) is 16.0. The minimum absolute atomic E-state index is 0.0880. The van der Waals surface area contributed by atoms with Crippen LogP contribution in [0.4, 0.5) is 18.9 Å². The predicted molar refractivity (Wildman–Crippen MR) is 97.3 cm³/mol. The van der Waals surface area contributed by atoms with Gasteiger partial charge in [-0.25, -0.2) is 8.42 Å². The van der Waals surface area contributed by atoms with Crippen LogP contribution in [0.25, 0.3) is 0 Å². The van der Waals surface area contributed by atoms with Crippen molar-refractivity contribution < 1.29 is 35.9 Å². The van der Waals surface area contributed by atoms with E-state index in [0.717, 1.165) is 22.5 Å². The van der Waals surface area contributed by atoms with Gasteiger partial charge in [-0.1, -0.05) is 6.07 Å². The van der Waals surface area contributed by atoms with Crippen LogP contribution in [0, 0.1) is 0 Å². The SMILES string of the molecule is CN(CC(=O)Nc1cccc(C(F)(F)F)c1)S(=O)(=O)c1ccc2c(c1)OCCO2. The molecule has 0 radical (unpaired) electrons. The van der Waals surface area contributed by atoms with Crippen LogP contribution in [-0.2, 0) is 21.0 Å². The molecule has 1 amide bonds. The highest BCUT2D eigenvalue weighted by atomic mass is 32.2. The Labute approximate surface area is 165 Å². The van der Waals surface area contributed by atoms with Gasteiger partial charge in [-0.15, -0.1) is 0 Å². The first-order valence-electron chi connectivity index (χ1n) is 8.40. The van der Waals surface area contributed by atoms with Crippen molar-refractivity contribution in [2.75, 3.05) is 32.1 Å². The number of carbonyl (C=O) groups is 1. The lowest BCUT2D eigenvalue weighted by molar-refractivity contribution is -0.137. The Morgan fingerprint density at radius 1 is 1.10 bits per heavy atom. The number of ether oxygens (including phenoxy) is 2. The van der Waals surface area contributed by atoms with E-state index < -0.39 is 34.2 Å². The van der Waals surface area contributed by atoms with E-state index in [1.807, 2.05) is 0 Å². The molecule has 1 aliphatic rings. The Bertz CT molecular complexity index is 1020. The van der Waals surface area contributed by atoms with Gasteiger partial charge in [0.25, 0.3) is 0 Å². The molecule has 0 saturated heterocycles. The van der Waals surface area contributed by atoms with Crippen molar-refractivity contribution in [3.05, 3.63) is 48.0 Å². The van der Waals surface area contributed by atoms with Crippen LogP contribution in [0.15, 0.2) is 47.4 Å². The summed E-state index contributed by atoms with van der Waals surface area (Å²) in [5.41, 5.74) is -1.01. The lowest BCUT2D eigenvalue weighted by Gasteiger charge is -2.21. The Morgan fingerprint density at radius 3 is 2.48 bits per heavy atom. The molecular weight excluding hydrogens is 413 g/mol. The highest BCUT2D eigenvalue weighted by molar-refractivity contribution is 7.89. The molecule has 2 aromatic rings. The maximum atomic E-state index is 12.8. The number of hydrogen-bond donors (Lipinski definition) is 1. The number of halogens is 3. The second-order valence-electron chi connectivity index (χ2n) is 6.19. The highest BCUT2D eigenvalue weighted by Crippen LogP contribution is 2.33. The molecule has 156 valence electrons. The van der Waals surface area contributed by atoms with E-state index in [1.165, 1.54) is 31.3 Å². The van der Waals surface area contributed by atoms with E-state index in [0.29, 0.717) is 12.4 Å². The number of alkyl halides is 3.